The van der Waals surface area contributed by atoms with Gasteiger partial charge in [0, 0.05) is 19.5 Å². The summed E-state index contributed by atoms with van der Waals surface area (Å²) in [6.07, 6.45) is 1.44. The number of hydrogen-bond acceptors (Lipinski definition) is 4. The van der Waals surface area contributed by atoms with Gasteiger partial charge in [-0.3, -0.25) is 0 Å². The Morgan fingerprint density at radius 2 is 1.86 bits per heavy atom. The Kier molecular flexibility index (Phi) is 5.10. The van der Waals surface area contributed by atoms with Crippen LogP contribution in [-0.2, 0) is 15.3 Å². The normalized spacial score (nSPS) is 12.8. The van der Waals surface area contributed by atoms with Crippen molar-refractivity contribution in [1.29, 1.82) is 0 Å². The number of rotatable bonds is 5. The van der Waals surface area contributed by atoms with Gasteiger partial charge in [0.15, 0.2) is 5.03 Å². The highest BCUT2D eigenvalue weighted by Gasteiger charge is 2.33. The first-order valence-electron chi connectivity index (χ1n) is 7.07. The third kappa shape index (κ3) is 3.57. The highest BCUT2D eigenvalue weighted by molar-refractivity contribution is 7.91. The molecule has 21 heavy (non-hydrogen) atoms. The van der Waals surface area contributed by atoms with E-state index < -0.39 is 18.6 Å². The largest absolute Gasteiger partial charge is 0.317 e. The van der Waals surface area contributed by atoms with Gasteiger partial charge in [-0.05, 0) is 0 Å². The first-order chi connectivity index (χ1) is 9.43. The molecule has 0 aliphatic rings. The third-order valence-electron chi connectivity index (χ3n) is 3.09. The molecule has 7 heteroatoms. The van der Waals surface area contributed by atoms with Gasteiger partial charge in [0.05, 0.1) is 19.9 Å². The van der Waals surface area contributed by atoms with Crippen LogP contribution in [0.5, 0.6) is 0 Å². The van der Waals surface area contributed by atoms with Crippen LogP contribution in [0.15, 0.2) is 17.7 Å². The van der Waals surface area contributed by atoms with Gasteiger partial charge in [-0.25, -0.2) is 18.1 Å². The average molecular weight is 330 g/mol. The fourth-order valence-corrected chi connectivity index (χ4v) is 5.76. The molecule has 0 spiro atoms. The zero-order valence-electron chi connectivity index (χ0n) is 14.1. The van der Waals surface area contributed by atoms with Crippen molar-refractivity contribution in [2.24, 2.45) is 0 Å². The van der Waals surface area contributed by atoms with Gasteiger partial charge < -0.3 is 5.01 Å². The number of hydrogen-bond donors (Lipinski definition) is 0. The lowest BCUT2D eigenvalue weighted by atomic mass is 9.96. The first-order valence-corrected chi connectivity index (χ1v) is 11.6. The maximum Gasteiger partial charge on any atom is 0.200 e. The van der Waals surface area contributed by atoms with Crippen molar-refractivity contribution in [3.8, 4) is 0 Å². The molecule has 0 atom stereocenters. The monoisotopic (exact) mass is 329 g/mol. The molecule has 1 aromatic rings. The smallest absolute Gasteiger partial charge is 0.200 e. The van der Waals surface area contributed by atoms with Crippen molar-refractivity contribution in [3.63, 3.8) is 0 Å². The van der Waals surface area contributed by atoms with Gasteiger partial charge in [0.1, 0.15) is 5.82 Å². The number of sulfone groups is 1. The van der Waals surface area contributed by atoms with Crippen molar-refractivity contribution >= 4 is 24.0 Å². The summed E-state index contributed by atoms with van der Waals surface area (Å²) in [6.45, 7) is 13.9. The molecule has 0 saturated heterocycles. The molecule has 0 fully saturated rings. The minimum Gasteiger partial charge on any atom is -0.317 e. The summed E-state index contributed by atoms with van der Waals surface area (Å²) in [4.78, 5) is 4.72. The fraction of sp³-hybridized carbons (Fsp3) is 0.643. The van der Waals surface area contributed by atoms with Crippen LogP contribution in [0.25, 0.3) is 0 Å². The van der Waals surface area contributed by atoms with Gasteiger partial charge in [0.25, 0.3) is 0 Å². The topological polar surface area (TPSA) is 55.2 Å². The zero-order chi connectivity index (χ0) is 16.6. The summed E-state index contributed by atoms with van der Waals surface area (Å²) in [5.41, 5.74) is -0.232. The van der Waals surface area contributed by atoms with Crippen LogP contribution in [0, 0.1) is 0 Å². The number of nitrogens with zero attached hydrogens (tertiary/aromatic N) is 3. The minimum absolute atomic E-state index is 0.0652. The Bertz CT molecular complexity index is 625. The quantitative estimate of drug-likeness (QED) is 0.598. The molecule has 0 saturated carbocycles. The summed E-state index contributed by atoms with van der Waals surface area (Å²) >= 11 is 0. The van der Waals surface area contributed by atoms with Crippen molar-refractivity contribution in [2.45, 2.75) is 44.3 Å². The van der Waals surface area contributed by atoms with Gasteiger partial charge in [-0.2, -0.15) is 0 Å². The van der Waals surface area contributed by atoms with Crippen LogP contribution in [-0.4, -0.2) is 46.7 Å². The molecule has 0 aliphatic carbocycles. The van der Waals surface area contributed by atoms with Crippen molar-refractivity contribution < 1.29 is 8.42 Å². The minimum atomic E-state index is -3.43. The van der Waals surface area contributed by atoms with Crippen LogP contribution < -0.4 is 10.3 Å². The van der Waals surface area contributed by atoms with E-state index in [9.17, 15) is 8.42 Å². The van der Waals surface area contributed by atoms with Crippen molar-refractivity contribution in [1.82, 2.24) is 9.66 Å². The molecule has 0 N–H and O–H groups in total. The van der Waals surface area contributed by atoms with E-state index in [4.69, 9.17) is 4.98 Å². The molecule has 0 aliphatic heterocycles. The summed E-state index contributed by atoms with van der Waals surface area (Å²) in [5.74, 6) is 0.718. The molecule has 0 amide bonds. The molecule has 0 radical (unpaired) electrons. The van der Waals surface area contributed by atoms with Gasteiger partial charge >= 0.3 is 0 Å². The molecule has 1 heterocycles. The lowest BCUT2D eigenvalue weighted by molar-refractivity contribution is 0.484. The molecule has 0 bridgehead atoms. The zero-order valence-corrected chi connectivity index (χ0v) is 16.1. The van der Waals surface area contributed by atoms with Crippen LogP contribution >= 0.6 is 0 Å². The van der Waals surface area contributed by atoms with Crippen LogP contribution in [0.4, 0.5) is 0 Å². The maximum atomic E-state index is 12.7. The second kappa shape index (κ2) is 5.96. The standard InChI is InChI=1S/C14H27N3O2SSi/c1-9-10-20(18,19)12-11(21(7)8)15-13(14(2,3)4)17(12)16(5)6/h9,21H,1,10H2,2-8H3. The molecule has 120 valence electrons. The molecule has 5 nitrogen and oxygen atoms in total. The second-order valence-corrected chi connectivity index (χ2v) is 11.6. The van der Waals surface area contributed by atoms with E-state index in [0.717, 1.165) is 11.1 Å². The number of imidazole rings is 1. The summed E-state index contributed by atoms with van der Waals surface area (Å²) in [5, 5.41) is 2.90. The van der Waals surface area contributed by atoms with E-state index in [-0.39, 0.29) is 11.2 Å². The van der Waals surface area contributed by atoms with E-state index in [2.05, 4.69) is 19.7 Å². The average Bonchev–Trinajstić information content (AvgIpc) is 2.69. The summed E-state index contributed by atoms with van der Waals surface area (Å²) in [7, 11) is -1.13. The Morgan fingerprint density at radius 1 is 1.33 bits per heavy atom. The fourth-order valence-electron chi connectivity index (χ4n) is 2.17. The van der Waals surface area contributed by atoms with Gasteiger partial charge in [0.2, 0.25) is 9.84 Å². The Hall–Kier alpha value is -1.08. The van der Waals surface area contributed by atoms with E-state index in [1.165, 1.54) is 6.08 Å². The maximum absolute atomic E-state index is 12.7. The van der Waals surface area contributed by atoms with E-state index >= 15 is 0 Å². The molecule has 0 unspecified atom stereocenters. The third-order valence-corrected chi connectivity index (χ3v) is 6.44. The van der Waals surface area contributed by atoms with Crippen LogP contribution in [0.2, 0.25) is 13.1 Å². The van der Waals surface area contributed by atoms with Crippen LogP contribution in [0.3, 0.4) is 0 Å². The predicted molar refractivity (Wildman–Crippen MR) is 91.8 cm³/mol. The van der Waals surface area contributed by atoms with E-state index in [1.807, 2.05) is 34.9 Å². The van der Waals surface area contributed by atoms with E-state index in [1.54, 1.807) is 9.69 Å². The second-order valence-electron chi connectivity index (χ2n) is 6.76. The summed E-state index contributed by atoms with van der Waals surface area (Å²) in [6, 6.07) is 0. The first kappa shape index (κ1) is 18.0. The van der Waals surface area contributed by atoms with Gasteiger partial charge in [-0.15, -0.1) is 6.58 Å². The Labute approximate surface area is 130 Å². The molecule has 0 aromatic carbocycles. The Morgan fingerprint density at radius 3 is 2.19 bits per heavy atom. The molecule has 1 aromatic heterocycles. The van der Waals surface area contributed by atoms with Crippen molar-refractivity contribution in [3.05, 3.63) is 18.5 Å². The number of aromatic nitrogens is 2. The lowest BCUT2D eigenvalue weighted by Crippen LogP contribution is -2.36. The highest BCUT2D eigenvalue weighted by atomic mass is 32.2. The SMILES string of the molecule is C=CCS(=O)(=O)c1c([SiH](C)C)nc(C(C)(C)C)n1N(C)C. The van der Waals surface area contributed by atoms with E-state index in [0.29, 0.717) is 5.03 Å². The molecule has 1 rings (SSSR count). The lowest BCUT2D eigenvalue weighted by Gasteiger charge is -2.26. The summed E-state index contributed by atoms with van der Waals surface area (Å²) < 4.78 is 27.1. The molecular weight excluding hydrogens is 302 g/mol. The Balaban J connectivity index is 3.83. The predicted octanol–water partition coefficient (Wildman–Crippen LogP) is 1.03. The highest BCUT2D eigenvalue weighted by Crippen LogP contribution is 2.24. The van der Waals surface area contributed by atoms with Crippen molar-refractivity contribution in [2.75, 3.05) is 24.9 Å². The van der Waals surface area contributed by atoms with Crippen LogP contribution in [0.1, 0.15) is 26.6 Å². The molecular formula is C14H27N3O2SSi. The van der Waals surface area contributed by atoms with Gasteiger partial charge in [-0.1, -0.05) is 39.9 Å².